The van der Waals surface area contributed by atoms with E-state index in [-0.39, 0.29) is 11.6 Å². The van der Waals surface area contributed by atoms with Crippen LogP contribution >= 0.6 is 0 Å². The topological polar surface area (TPSA) is 58.9 Å². The Morgan fingerprint density at radius 2 is 1.88 bits per heavy atom. The molecule has 1 aliphatic rings. The summed E-state index contributed by atoms with van der Waals surface area (Å²) < 4.78 is 11.5. The molecule has 0 aliphatic carbocycles. The quantitative estimate of drug-likeness (QED) is 0.757. The summed E-state index contributed by atoms with van der Waals surface area (Å²) in [5.41, 5.74) is 0. The molecule has 1 fully saturated rings. The second kappa shape index (κ2) is 4.97. The molecule has 17 heavy (non-hydrogen) atoms. The van der Waals surface area contributed by atoms with Gasteiger partial charge in [0, 0.05) is 0 Å². The van der Waals surface area contributed by atoms with E-state index in [1.54, 1.807) is 6.92 Å². The van der Waals surface area contributed by atoms with Crippen molar-refractivity contribution in [3.8, 4) is 0 Å². The minimum Gasteiger partial charge on any atom is -0.408 e. The van der Waals surface area contributed by atoms with E-state index in [0.717, 1.165) is 0 Å². The molecule has 0 unspecified atom stereocenters. The molecule has 2 N–H and O–H groups in total. The fourth-order valence-electron chi connectivity index (χ4n) is 1.69. The number of rotatable bonds is 3. The van der Waals surface area contributed by atoms with Crippen LogP contribution in [0.4, 0.5) is 0 Å². The second-order valence-electron chi connectivity index (χ2n) is 6.45. The number of hydrogen-bond acceptors (Lipinski definition) is 4. The number of aliphatic hydroxyl groups is 2. The Morgan fingerprint density at radius 3 is 2.29 bits per heavy atom. The van der Waals surface area contributed by atoms with Crippen LogP contribution in [-0.2, 0) is 9.16 Å². The van der Waals surface area contributed by atoms with E-state index < -0.39 is 32.7 Å². The molecule has 0 amide bonds. The van der Waals surface area contributed by atoms with Crippen LogP contribution in [0.5, 0.6) is 0 Å². The number of aliphatic hydroxyl groups excluding tert-OH is 2. The zero-order valence-corrected chi connectivity index (χ0v) is 12.7. The van der Waals surface area contributed by atoms with Gasteiger partial charge in [0.1, 0.15) is 18.3 Å². The second-order valence-corrected chi connectivity index (χ2v) is 11.2. The summed E-state index contributed by atoms with van der Waals surface area (Å²) >= 11 is 0. The highest BCUT2D eigenvalue weighted by Gasteiger charge is 2.46. The van der Waals surface area contributed by atoms with Crippen LogP contribution in [-0.4, -0.2) is 49.6 Å². The van der Waals surface area contributed by atoms with Crippen LogP contribution in [0.15, 0.2) is 0 Å². The van der Waals surface area contributed by atoms with Crippen molar-refractivity contribution in [2.24, 2.45) is 0 Å². The van der Waals surface area contributed by atoms with Crippen molar-refractivity contribution in [3.05, 3.63) is 0 Å². The third kappa shape index (κ3) is 3.29. The molecule has 0 aromatic carbocycles. The normalized spacial score (nSPS) is 32.8. The summed E-state index contributed by atoms with van der Waals surface area (Å²) in [5.74, 6) is 0. The zero-order chi connectivity index (χ0) is 13.4. The van der Waals surface area contributed by atoms with Gasteiger partial charge in [-0.3, -0.25) is 0 Å². The Hall–Kier alpha value is 0.0569. The number of hydrogen-bond donors (Lipinski definition) is 2. The lowest BCUT2D eigenvalue weighted by atomic mass is 10.1. The van der Waals surface area contributed by atoms with Crippen LogP contribution in [0.25, 0.3) is 0 Å². The van der Waals surface area contributed by atoms with Gasteiger partial charge in [-0.25, -0.2) is 0 Å². The van der Waals surface area contributed by atoms with Crippen molar-refractivity contribution in [3.63, 3.8) is 0 Å². The minimum absolute atomic E-state index is 0.0819. The molecule has 0 aromatic rings. The molecule has 102 valence electrons. The summed E-state index contributed by atoms with van der Waals surface area (Å²) in [5, 5.41) is 19.6. The van der Waals surface area contributed by atoms with Crippen LogP contribution in [0, 0.1) is 0 Å². The monoisotopic (exact) mass is 262 g/mol. The lowest BCUT2D eigenvalue weighted by Gasteiger charge is -2.40. The molecule has 0 aromatic heterocycles. The summed E-state index contributed by atoms with van der Waals surface area (Å²) in [6, 6.07) is 0. The summed E-state index contributed by atoms with van der Waals surface area (Å²) in [4.78, 5) is 0. The van der Waals surface area contributed by atoms with Crippen molar-refractivity contribution in [2.75, 3.05) is 6.61 Å². The van der Waals surface area contributed by atoms with Gasteiger partial charge in [0.25, 0.3) is 0 Å². The first-order valence-electron chi connectivity index (χ1n) is 6.22. The van der Waals surface area contributed by atoms with Crippen molar-refractivity contribution >= 4 is 8.32 Å². The highest BCUT2D eigenvalue weighted by molar-refractivity contribution is 6.74. The molecule has 0 radical (unpaired) electrons. The van der Waals surface area contributed by atoms with Crippen LogP contribution in [0.1, 0.15) is 27.7 Å². The molecule has 0 bridgehead atoms. The van der Waals surface area contributed by atoms with Gasteiger partial charge < -0.3 is 19.4 Å². The first kappa shape index (κ1) is 15.1. The predicted molar refractivity (Wildman–Crippen MR) is 69.5 cm³/mol. The molecule has 0 saturated carbocycles. The Balaban J connectivity index is 2.78. The Kier molecular flexibility index (Phi) is 4.42. The van der Waals surface area contributed by atoms with Crippen LogP contribution in [0.3, 0.4) is 0 Å². The number of ether oxygens (including phenoxy) is 1. The molecule has 1 saturated heterocycles. The Bertz CT molecular complexity index is 260. The van der Waals surface area contributed by atoms with E-state index in [1.807, 2.05) is 0 Å². The van der Waals surface area contributed by atoms with E-state index >= 15 is 0 Å². The lowest BCUT2D eigenvalue weighted by Crippen LogP contribution is -2.50. The molecular weight excluding hydrogens is 236 g/mol. The maximum absolute atomic E-state index is 9.90. The Morgan fingerprint density at radius 1 is 1.35 bits per heavy atom. The molecule has 4 atom stereocenters. The SMILES string of the molecule is C[C@H](O)[C@H]1OC[C@@H](O)[C@H]1O[Si](C)(C)C(C)(C)C. The largest absolute Gasteiger partial charge is 0.408 e. The summed E-state index contributed by atoms with van der Waals surface area (Å²) in [7, 11) is -1.95. The third-order valence-electron chi connectivity index (χ3n) is 3.87. The van der Waals surface area contributed by atoms with E-state index in [0.29, 0.717) is 0 Å². The van der Waals surface area contributed by atoms with Crippen LogP contribution < -0.4 is 0 Å². The van der Waals surface area contributed by atoms with E-state index in [4.69, 9.17) is 9.16 Å². The van der Waals surface area contributed by atoms with E-state index in [1.165, 1.54) is 0 Å². The van der Waals surface area contributed by atoms with Gasteiger partial charge in [0.15, 0.2) is 8.32 Å². The van der Waals surface area contributed by atoms with Crippen molar-refractivity contribution in [2.45, 2.75) is 70.2 Å². The fourth-order valence-corrected chi connectivity index (χ4v) is 3.02. The van der Waals surface area contributed by atoms with E-state index in [2.05, 4.69) is 33.9 Å². The Labute approximate surface area is 105 Å². The van der Waals surface area contributed by atoms with Crippen molar-refractivity contribution < 1.29 is 19.4 Å². The highest BCUT2D eigenvalue weighted by atomic mass is 28.4. The van der Waals surface area contributed by atoms with Gasteiger partial charge in [-0.1, -0.05) is 20.8 Å². The zero-order valence-electron chi connectivity index (χ0n) is 11.7. The lowest BCUT2D eigenvalue weighted by molar-refractivity contribution is -0.0380. The average Bonchev–Trinajstić information content (AvgIpc) is 2.45. The predicted octanol–water partition coefficient (Wildman–Crippen LogP) is 1.52. The molecule has 4 nitrogen and oxygen atoms in total. The molecule has 0 spiro atoms. The summed E-state index contributed by atoms with van der Waals surface area (Å²) in [6.45, 7) is 12.6. The first-order valence-corrected chi connectivity index (χ1v) is 9.12. The summed E-state index contributed by atoms with van der Waals surface area (Å²) in [6.07, 6.45) is -2.08. The van der Waals surface area contributed by atoms with Gasteiger partial charge >= 0.3 is 0 Å². The molecule has 5 heteroatoms. The van der Waals surface area contributed by atoms with Gasteiger partial charge in [-0.15, -0.1) is 0 Å². The van der Waals surface area contributed by atoms with Crippen molar-refractivity contribution in [1.29, 1.82) is 0 Å². The fraction of sp³-hybridized carbons (Fsp3) is 1.00. The van der Waals surface area contributed by atoms with Gasteiger partial charge in [0.05, 0.1) is 12.7 Å². The van der Waals surface area contributed by atoms with Crippen molar-refractivity contribution in [1.82, 2.24) is 0 Å². The highest BCUT2D eigenvalue weighted by Crippen LogP contribution is 2.39. The van der Waals surface area contributed by atoms with Gasteiger partial charge in [0.2, 0.25) is 0 Å². The van der Waals surface area contributed by atoms with Gasteiger partial charge in [-0.2, -0.15) is 0 Å². The smallest absolute Gasteiger partial charge is 0.192 e. The third-order valence-corrected chi connectivity index (χ3v) is 8.35. The maximum Gasteiger partial charge on any atom is 0.192 e. The first-order chi connectivity index (χ1) is 7.56. The standard InChI is InChI=1S/C12H26O4Si/c1-8(13)10-11(9(14)7-15-10)16-17(5,6)12(2,3)4/h8-11,13-14H,7H2,1-6H3/t8-,9+,10+,11+/m0/s1. The van der Waals surface area contributed by atoms with E-state index in [9.17, 15) is 10.2 Å². The molecular formula is C12H26O4Si. The molecule has 1 aliphatic heterocycles. The molecule has 1 rings (SSSR count). The molecule has 1 heterocycles. The van der Waals surface area contributed by atoms with Gasteiger partial charge in [-0.05, 0) is 25.1 Å². The maximum atomic E-state index is 9.90. The minimum atomic E-state index is -1.95. The van der Waals surface area contributed by atoms with Crippen LogP contribution in [0.2, 0.25) is 18.1 Å². The average molecular weight is 262 g/mol.